The van der Waals surface area contributed by atoms with Gasteiger partial charge in [0, 0.05) is 51.6 Å². The van der Waals surface area contributed by atoms with Gasteiger partial charge in [0.15, 0.2) is 0 Å². The van der Waals surface area contributed by atoms with Gasteiger partial charge in [-0.1, -0.05) is 68.1 Å². The zero-order valence-electron chi connectivity index (χ0n) is 27.6. The third kappa shape index (κ3) is 7.30. The summed E-state index contributed by atoms with van der Waals surface area (Å²) in [6.07, 6.45) is 1.37. The molecule has 50 heavy (non-hydrogen) atoms. The van der Waals surface area contributed by atoms with Gasteiger partial charge in [0.25, 0.3) is 0 Å². The van der Waals surface area contributed by atoms with E-state index in [0.29, 0.717) is 13.1 Å². The Morgan fingerprint density at radius 1 is 0.960 bits per heavy atom. The first kappa shape index (κ1) is 34.9. The number of ether oxygens (including phenoxy) is 1. The average Bonchev–Trinajstić information content (AvgIpc) is 3.54. The van der Waals surface area contributed by atoms with E-state index in [9.17, 15) is 19.5 Å². The number of piperazine rings is 1. The van der Waals surface area contributed by atoms with E-state index < -0.39 is 12.2 Å². The number of carbonyl (C=O) groups excluding carboxylic acids is 3. The number of nitrogens with one attached hydrogen (secondary N) is 1. The quantitative estimate of drug-likeness (QED) is 0.276. The lowest BCUT2D eigenvalue weighted by atomic mass is 9.98. The van der Waals surface area contributed by atoms with E-state index in [0.717, 1.165) is 60.4 Å². The maximum atomic E-state index is 14.5. The SMILES string of the molecule is C.CN1CC(=O)N2[C@@H](Cc3ccc(O)cc3)C(=O)N(Cc3cccc4cnn(CCN5CCOCC5)c34)C[C@@H]2N1C(=O)NCc1ccccc1. The van der Waals surface area contributed by atoms with Crippen LogP contribution in [0, 0.1) is 0 Å². The molecular formula is C37H46N8O5. The van der Waals surface area contributed by atoms with Crippen LogP contribution in [-0.4, -0.2) is 123 Å². The van der Waals surface area contributed by atoms with Crippen LogP contribution in [0.1, 0.15) is 24.1 Å². The smallest absolute Gasteiger partial charge is 0.334 e. The Labute approximate surface area is 292 Å². The van der Waals surface area contributed by atoms with Crippen LogP contribution in [0.25, 0.3) is 10.9 Å². The molecule has 3 aliphatic heterocycles. The third-order valence-corrected chi connectivity index (χ3v) is 9.64. The molecule has 0 radical (unpaired) electrons. The van der Waals surface area contributed by atoms with Gasteiger partial charge in [-0.2, -0.15) is 5.10 Å². The molecule has 3 aliphatic rings. The Hall–Kier alpha value is -4.98. The summed E-state index contributed by atoms with van der Waals surface area (Å²) in [7, 11) is 1.72. The number of urea groups is 1. The number of fused-ring (bicyclic) bond motifs is 2. The van der Waals surface area contributed by atoms with Crippen LogP contribution >= 0.6 is 0 Å². The van der Waals surface area contributed by atoms with Crippen LogP contribution < -0.4 is 5.32 Å². The number of aromatic hydroxyl groups is 1. The fourth-order valence-corrected chi connectivity index (χ4v) is 7.14. The summed E-state index contributed by atoms with van der Waals surface area (Å²) in [5.41, 5.74) is 3.66. The van der Waals surface area contributed by atoms with E-state index >= 15 is 0 Å². The first-order valence-electron chi connectivity index (χ1n) is 16.8. The van der Waals surface area contributed by atoms with Gasteiger partial charge in [-0.3, -0.25) is 19.2 Å². The summed E-state index contributed by atoms with van der Waals surface area (Å²) in [5.74, 6) is -0.295. The number of rotatable bonds is 9. The molecule has 2 N–H and O–H groups in total. The maximum absolute atomic E-state index is 14.5. The van der Waals surface area contributed by atoms with E-state index in [1.165, 1.54) is 0 Å². The largest absolute Gasteiger partial charge is 0.508 e. The lowest BCUT2D eigenvalue weighted by molar-refractivity contribution is -0.187. The minimum Gasteiger partial charge on any atom is -0.508 e. The molecule has 13 nitrogen and oxygen atoms in total. The van der Waals surface area contributed by atoms with Gasteiger partial charge in [0.2, 0.25) is 11.8 Å². The van der Waals surface area contributed by atoms with E-state index in [1.807, 2.05) is 59.4 Å². The van der Waals surface area contributed by atoms with Gasteiger partial charge in [-0.15, -0.1) is 0 Å². The number of phenols is 1. The zero-order chi connectivity index (χ0) is 33.9. The van der Waals surface area contributed by atoms with Crippen molar-refractivity contribution in [2.75, 3.05) is 53.0 Å². The molecule has 2 atom stereocenters. The van der Waals surface area contributed by atoms with Gasteiger partial charge < -0.3 is 25.0 Å². The average molecular weight is 683 g/mol. The van der Waals surface area contributed by atoms with E-state index in [-0.39, 0.29) is 57.1 Å². The summed E-state index contributed by atoms with van der Waals surface area (Å²) < 4.78 is 7.52. The minimum absolute atomic E-state index is 0. The lowest BCUT2D eigenvalue weighted by Crippen LogP contribution is -2.76. The highest BCUT2D eigenvalue weighted by atomic mass is 16.5. The fourth-order valence-electron chi connectivity index (χ4n) is 7.14. The standard InChI is InChI=1S/C36H42N8O5.CH4/c1-39-25-33(46)43-31(20-26-10-12-30(45)13-11-26)35(47)41(24-32(43)44(39)36(48)37-21-27-6-3-2-4-7-27)23-29-9-5-8-28-22-38-42(34(28)29)15-14-40-16-18-49-19-17-40;/h2-13,22,31-32,45H,14-21,23-25H2,1H3,(H,37,48);1H4/t31-,32-;/m0./s1. The molecule has 7 rings (SSSR count). The molecule has 264 valence electrons. The molecular weight excluding hydrogens is 636 g/mol. The minimum atomic E-state index is -0.848. The van der Waals surface area contributed by atoms with Crippen molar-refractivity contribution < 1.29 is 24.2 Å². The van der Waals surface area contributed by atoms with E-state index in [1.54, 1.807) is 51.1 Å². The van der Waals surface area contributed by atoms with Crippen molar-refractivity contribution in [1.82, 2.24) is 39.8 Å². The number of amides is 4. The second-order valence-corrected chi connectivity index (χ2v) is 12.9. The number of para-hydroxylation sites is 1. The Kier molecular flexibility index (Phi) is 10.7. The van der Waals surface area contributed by atoms with Crippen LogP contribution in [0.5, 0.6) is 5.75 Å². The van der Waals surface area contributed by atoms with Gasteiger partial charge in [-0.25, -0.2) is 14.8 Å². The Morgan fingerprint density at radius 3 is 2.48 bits per heavy atom. The predicted molar refractivity (Wildman–Crippen MR) is 189 cm³/mol. The Balaban J connectivity index is 0.00000432. The maximum Gasteiger partial charge on any atom is 0.334 e. The highest BCUT2D eigenvalue weighted by Gasteiger charge is 2.50. The number of benzene rings is 3. The molecule has 4 heterocycles. The molecule has 13 heteroatoms. The number of aromatic nitrogens is 2. The van der Waals surface area contributed by atoms with Gasteiger partial charge >= 0.3 is 6.03 Å². The number of hydrogen-bond donors (Lipinski definition) is 2. The van der Waals surface area contributed by atoms with Crippen LogP contribution in [0.2, 0.25) is 0 Å². The molecule has 0 bridgehead atoms. The van der Waals surface area contributed by atoms with Crippen molar-refractivity contribution in [3.8, 4) is 5.75 Å². The molecule has 0 saturated carbocycles. The number of nitrogens with zero attached hydrogens (tertiary/aromatic N) is 7. The molecule has 0 aliphatic carbocycles. The van der Waals surface area contributed by atoms with Crippen molar-refractivity contribution in [3.63, 3.8) is 0 Å². The summed E-state index contributed by atoms with van der Waals surface area (Å²) >= 11 is 0. The van der Waals surface area contributed by atoms with Crippen LogP contribution in [-0.2, 0) is 40.4 Å². The van der Waals surface area contributed by atoms with Crippen molar-refractivity contribution >= 4 is 28.7 Å². The second kappa shape index (κ2) is 15.3. The van der Waals surface area contributed by atoms with Gasteiger partial charge in [0.1, 0.15) is 18.0 Å². The fraction of sp³-hybridized carbons (Fsp3) is 0.405. The molecule has 4 amide bonds. The highest BCUT2D eigenvalue weighted by molar-refractivity contribution is 5.92. The number of carbonyl (C=O) groups is 3. The van der Waals surface area contributed by atoms with Crippen molar-refractivity contribution in [3.05, 3.63) is 95.7 Å². The monoisotopic (exact) mass is 682 g/mol. The zero-order valence-corrected chi connectivity index (χ0v) is 27.6. The van der Waals surface area contributed by atoms with Gasteiger partial charge in [0.05, 0.1) is 44.6 Å². The number of phenolic OH excluding ortho intramolecular Hbond substituents is 1. The molecule has 3 fully saturated rings. The first-order valence-corrected chi connectivity index (χ1v) is 16.8. The van der Waals surface area contributed by atoms with E-state index in [4.69, 9.17) is 9.84 Å². The lowest BCUT2D eigenvalue weighted by Gasteiger charge is -2.54. The topological polar surface area (TPSA) is 127 Å². The molecule has 0 unspecified atom stereocenters. The highest BCUT2D eigenvalue weighted by Crippen LogP contribution is 2.30. The summed E-state index contributed by atoms with van der Waals surface area (Å²) in [5, 5.41) is 21.8. The second-order valence-electron chi connectivity index (χ2n) is 12.9. The molecule has 4 aromatic rings. The van der Waals surface area contributed by atoms with Crippen molar-refractivity contribution in [1.29, 1.82) is 0 Å². The van der Waals surface area contributed by atoms with Crippen LogP contribution in [0.3, 0.4) is 0 Å². The molecule has 0 spiro atoms. The normalized spacial score (nSPS) is 20.1. The number of likely N-dealkylation sites (N-methyl/N-ethyl adjacent to an activating group) is 1. The Morgan fingerprint density at radius 2 is 1.72 bits per heavy atom. The van der Waals surface area contributed by atoms with Gasteiger partial charge in [-0.05, 0) is 28.8 Å². The summed E-state index contributed by atoms with van der Waals surface area (Å²) in [6.45, 7) is 5.46. The van der Waals surface area contributed by atoms with Crippen LogP contribution in [0.15, 0.2) is 79.0 Å². The number of hydrogen-bond acceptors (Lipinski definition) is 8. The molecule has 3 aromatic carbocycles. The molecule has 3 saturated heterocycles. The first-order chi connectivity index (χ1) is 23.9. The van der Waals surface area contributed by atoms with E-state index in [2.05, 4.69) is 10.2 Å². The molecule has 1 aromatic heterocycles. The van der Waals surface area contributed by atoms with Crippen molar-refractivity contribution in [2.45, 2.75) is 45.7 Å². The summed E-state index contributed by atoms with van der Waals surface area (Å²) in [6, 6.07) is 21.1. The van der Waals surface area contributed by atoms with Crippen molar-refractivity contribution in [2.24, 2.45) is 0 Å². The number of hydrazine groups is 1. The number of morpholine rings is 1. The summed E-state index contributed by atoms with van der Waals surface area (Å²) in [4.78, 5) is 47.8. The Bertz CT molecular complexity index is 1790. The van der Waals surface area contributed by atoms with Crippen LogP contribution in [0.4, 0.5) is 4.79 Å². The third-order valence-electron chi connectivity index (χ3n) is 9.64. The predicted octanol–water partition coefficient (Wildman–Crippen LogP) is 2.89.